The molecule has 2 unspecified atom stereocenters. The van der Waals surface area contributed by atoms with Crippen molar-refractivity contribution in [3.05, 3.63) is 35.1 Å². The summed E-state index contributed by atoms with van der Waals surface area (Å²) in [5.41, 5.74) is 0.0593. The molecule has 106 valence electrons. The van der Waals surface area contributed by atoms with Gasteiger partial charge in [0.2, 0.25) is 0 Å². The van der Waals surface area contributed by atoms with Crippen LogP contribution in [0.15, 0.2) is 12.1 Å². The maximum Gasteiger partial charge on any atom is 0.133 e. The topological polar surface area (TPSA) is 12.0 Å². The number of hydrogen-bond acceptors (Lipinski definition) is 1. The molecule has 1 aliphatic rings. The molecule has 0 amide bonds. The van der Waals surface area contributed by atoms with Crippen LogP contribution in [0.2, 0.25) is 0 Å². The number of benzene rings is 1. The summed E-state index contributed by atoms with van der Waals surface area (Å²) in [5, 5.41) is 3.20. The summed E-state index contributed by atoms with van der Waals surface area (Å²) < 4.78 is 40.8. The zero-order chi connectivity index (χ0) is 14.2. The molecule has 0 spiro atoms. The van der Waals surface area contributed by atoms with Crippen molar-refractivity contribution in [1.29, 1.82) is 0 Å². The van der Waals surface area contributed by atoms with Gasteiger partial charge in [-0.2, -0.15) is 0 Å². The van der Waals surface area contributed by atoms with Gasteiger partial charge in [0.25, 0.3) is 0 Å². The molecule has 1 aromatic rings. The highest BCUT2D eigenvalue weighted by Gasteiger charge is 2.51. The Hall–Kier alpha value is -1.03. The van der Waals surface area contributed by atoms with E-state index >= 15 is 0 Å². The zero-order valence-electron chi connectivity index (χ0n) is 11.6. The van der Waals surface area contributed by atoms with Crippen LogP contribution in [0.3, 0.4) is 0 Å². The second-order valence-electron chi connectivity index (χ2n) is 6.01. The minimum Gasteiger partial charge on any atom is -0.309 e. The maximum absolute atomic E-state index is 13.9. The third-order valence-electron chi connectivity index (χ3n) is 3.96. The lowest BCUT2D eigenvalue weighted by molar-refractivity contribution is 0.385. The number of nitrogens with one attached hydrogen (secondary N) is 1. The van der Waals surface area contributed by atoms with Crippen LogP contribution in [-0.2, 0) is 0 Å². The van der Waals surface area contributed by atoms with Crippen molar-refractivity contribution in [3.8, 4) is 0 Å². The van der Waals surface area contributed by atoms with Crippen molar-refractivity contribution in [2.75, 3.05) is 6.54 Å². The van der Waals surface area contributed by atoms with E-state index in [-0.39, 0.29) is 22.9 Å². The quantitative estimate of drug-likeness (QED) is 0.846. The fraction of sp³-hybridized carbons (Fsp3) is 0.600. The molecule has 0 heterocycles. The molecule has 0 aromatic heterocycles. The molecule has 2 atom stereocenters. The van der Waals surface area contributed by atoms with Crippen molar-refractivity contribution in [2.45, 2.75) is 39.7 Å². The summed E-state index contributed by atoms with van der Waals surface area (Å²) in [6, 6.07) is 1.14. The van der Waals surface area contributed by atoms with Crippen molar-refractivity contribution < 1.29 is 13.2 Å². The molecule has 19 heavy (non-hydrogen) atoms. The van der Waals surface area contributed by atoms with Gasteiger partial charge in [0.15, 0.2) is 0 Å². The minimum atomic E-state index is -0.872. The Morgan fingerprint density at radius 2 is 1.79 bits per heavy atom. The predicted octanol–water partition coefficient (Wildman–Crippen LogP) is 4.19. The molecule has 1 aliphatic carbocycles. The first-order valence-electron chi connectivity index (χ1n) is 6.74. The highest BCUT2D eigenvalue weighted by molar-refractivity contribution is 5.27. The van der Waals surface area contributed by atoms with Gasteiger partial charge in [-0.05, 0) is 30.7 Å². The van der Waals surface area contributed by atoms with Gasteiger partial charge in [0.05, 0.1) is 0 Å². The lowest BCUT2D eigenvalue weighted by atomic mass is 9.96. The van der Waals surface area contributed by atoms with E-state index in [2.05, 4.69) is 19.2 Å². The van der Waals surface area contributed by atoms with Crippen LogP contribution < -0.4 is 5.32 Å². The molecular formula is C15H20F3N. The van der Waals surface area contributed by atoms with Gasteiger partial charge < -0.3 is 5.32 Å². The first kappa shape index (κ1) is 14.4. The Morgan fingerprint density at radius 1 is 1.26 bits per heavy atom. The monoisotopic (exact) mass is 271 g/mol. The summed E-state index contributed by atoms with van der Waals surface area (Å²) in [6.07, 6.45) is 1.80. The molecule has 0 bridgehead atoms. The summed E-state index contributed by atoms with van der Waals surface area (Å²) in [7, 11) is 0. The average Bonchev–Trinajstić information content (AvgIpc) is 2.91. The molecule has 1 N–H and O–H groups in total. The fourth-order valence-electron chi connectivity index (χ4n) is 2.67. The fourth-order valence-corrected chi connectivity index (χ4v) is 2.67. The smallest absolute Gasteiger partial charge is 0.133 e. The third-order valence-corrected chi connectivity index (χ3v) is 3.96. The summed E-state index contributed by atoms with van der Waals surface area (Å²) in [4.78, 5) is 0. The molecule has 2 rings (SSSR count). The molecular weight excluding hydrogens is 251 g/mol. The SMILES string of the molecule is CCCNC(c1c(F)cc(F)cc1F)C1CC1(C)C. The van der Waals surface area contributed by atoms with Crippen LogP contribution in [0, 0.1) is 28.8 Å². The van der Waals surface area contributed by atoms with E-state index in [0.29, 0.717) is 6.54 Å². The van der Waals surface area contributed by atoms with Crippen LogP contribution in [0.5, 0.6) is 0 Å². The normalized spacial score (nSPS) is 22.3. The van der Waals surface area contributed by atoms with E-state index in [1.165, 1.54) is 0 Å². The summed E-state index contributed by atoms with van der Waals surface area (Å²) >= 11 is 0. The maximum atomic E-state index is 13.9. The second-order valence-corrected chi connectivity index (χ2v) is 6.01. The Kier molecular flexibility index (Phi) is 3.90. The molecule has 0 radical (unpaired) electrons. The van der Waals surface area contributed by atoms with E-state index in [0.717, 1.165) is 25.0 Å². The van der Waals surface area contributed by atoms with Gasteiger partial charge in [-0.1, -0.05) is 20.8 Å². The van der Waals surface area contributed by atoms with Crippen LogP contribution in [0.1, 0.15) is 45.2 Å². The van der Waals surface area contributed by atoms with E-state index in [4.69, 9.17) is 0 Å². The van der Waals surface area contributed by atoms with Crippen molar-refractivity contribution >= 4 is 0 Å². The standard InChI is InChI=1S/C15H20F3N/c1-4-5-19-14(10-8-15(10,2)3)13-11(17)6-9(16)7-12(13)18/h6-7,10,14,19H,4-5,8H2,1-3H3. The van der Waals surface area contributed by atoms with E-state index < -0.39 is 17.5 Å². The summed E-state index contributed by atoms with van der Waals surface area (Å²) in [5.74, 6) is -2.28. The minimum absolute atomic E-state index is 0.0228. The highest BCUT2D eigenvalue weighted by Crippen LogP contribution is 2.58. The first-order chi connectivity index (χ1) is 8.86. The molecule has 1 nitrogen and oxygen atoms in total. The zero-order valence-corrected chi connectivity index (χ0v) is 11.6. The number of hydrogen-bond donors (Lipinski definition) is 1. The van der Waals surface area contributed by atoms with Crippen LogP contribution in [-0.4, -0.2) is 6.54 Å². The third kappa shape index (κ3) is 2.94. The molecule has 1 aromatic carbocycles. The number of halogens is 3. The Labute approximate surface area is 112 Å². The second kappa shape index (κ2) is 5.16. The van der Waals surface area contributed by atoms with Crippen LogP contribution >= 0.6 is 0 Å². The Morgan fingerprint density at radius 3 is 2.21 bits per heavy atom. The van der Waals surface area contributed by atoms with E-state index in [9.17, 15) is 13.2 Å². The van der Waals surface area contributed by atoms with Gasteiger partial charge >= 0.3 is 0 Å². The molecule has 0 saturated heterocycles. The Bertz CT molecular complexity index is 447. The van der Waals surface area contributed by atoms with Gasteiger partial charge in [-0.3, -0.25) is 0 Å². The first-order valence-corrected chi connectivity index (χ1v) is 6.74. The van der Waals surface area contributed by atoms with Crippen LogP contribution in [0.4, 0.5) is 13.2 Å². The van der Waals surface area contributed by atoms with Gasteiger partial charge in [0, 0.05) is 23.7 Å². The average molecular weight is 271 g/mol. The van der Waals surface area contributed by atoms with Gasteiger partial charge in [0.1, 0.15) is 17.5 Å². The number of rotatable bonds is 5. The molecule has 0 aliphatic heterocycles. The van der Waals surface area contributed by atoms with Crippen molar-refractivity contribution in [2.24, 2.45) is 11.3 Å². The highest BCUT2D eigenvalue weighted by atomic mass is 19.1. The molecule has 1 saturated carbocycles. The van der Waals surface area contributed by atoms with E-state index in [1.54, 1.807) is 0 Å². The molecule has 4 heteroatoms. The van der Waals surface area contributed by atoms with Gasteiger partial charge in [-0.15, -0.1) is 0 Å². The lowest BCUT2D eigenvalue weighted by Gasteiger charge is -2.22. The van der Waals surface area contributed by atoms with Crippen LogP contribution in [0.25, 0.3) is 0 Å². The van der Waals surface area contributed by atoms with E-state index in [1.807, 2.05) is 6.92 Å². The lowest BCUT2D eigenvalue weighted by Crippen LogP contribution is -2.27. The largest absolute Gasteiger partial charge is 0.309 e. The van der Waals surface area contributed by atoms with Crippen molar-refractivity contribution in [1.82, 2.24) is 5.32 Å². The summed E-state index contributed by atoms with van der Waals surface area (Å²) in [6.45, 7) is 6.85. The molecule has 1 fully saturated rings. The predicted molar refractivity (Wildman–Crippen MR) is 69.2 cm³/mol. The van der Waals surface area contributed by atoms with Crippen molar-refractivity contribution in [3.63, 3.8) is 0 Å². The Balaban J connectivity index is 2.33. The van der Waals surface area contributed by atoms with Gasteiger partial charge in [-0.25, -0.2) is 13.2 Å².